The molecule has 2 aromatic carbocycles. The van der Waals surface area contributed by atoms with Crippen LogP contribution in [-0.4, -0.2) is 20.7 Å². The lowest BCUT2D eigenvalue weighted by atomic mass is 10.2. The summed E-state index contributed by atoms with van der Waals surface area (Å²) in [5, 5.41) is 10.3. The Kier molecular flexibility index (Phi) is 6.00. The highest BCUT2D eigenvalue weighted by atomic mass is 32.2. The van der Waals surface area contributed by atoms with Crippen LogP contribution in [0.4, 0.5) is 14.5 Å². The van der Waals surface area contributed by atoms with E-state index in [-0.39, 0.29) is 16.3 Å². The van der Waals surface area contributed by atoms with Crippen molar-refractivity contribution in [3.63, 3.8) is 0 Å². The molecule has 2 N–H and O–H groups in total. The molecular weight excluding hydrogens is 350 g/mol. The standard InChI is InChI=1S/C17H16F2N2O3S/c1-12-2-5-15(6-3-12)25(22,23)24-11-13(20)8-9-21-14-4-7-16(18)17(19)10-14/h2-10,20-21H,11H2,1H3/b9-8-,20-13?. The van der Waals surface area contributed by atoms with Gasteiger partial charge in [0.2, 0.25) is 0 Å². The quantitative estimate of drug-likeness (QED) is 0.579. The van der Waals surface area contributed by atoms with E-state index >= 15 is 0 Å². The number of hydrogen-bond donors (Lipinski definition) is 2. The smallest absolute Gasteiger partial charge is 0.297 e. The van der Waals surface area contributed by atoms with E-state index in [4.69, 9.17) is 9.59 Å². The summed E-state index contributed by atoms with van der Waals surface area (Å²) in [5.74, 6) is -1.96. The van der Waals surface area contributed by atoms with E-state index in [0.717, 1.165) is 17.7 Å². The van der Waals surface area contributed by atoms with Gasteiger partial charge >= 0.3 is 0 Å². The van der Waals surface area contributed by atoms with Crippen molar-refractivity contribution in [3.05, 3.63) is 71.9 Å². The van der Waals surface area contributed by atoms with Gasteiger partial charge in [-0.3, -0.25) is 4.18 Å². The first-order chi connectivity index (χ1) is 11.8. The molecule has 0 amide bonds. The molecule has 0 bridgehead atoms. The Bertz CT molecular complexity index is 895. The van der Waals surface area contributed by atoms with Crippen LogP contribution >= 0.6 is 0 Å². The molecule has 0 spiro atoms. The van der Waals surface area contributed by atoms with Crippen molar-refractivity contribution in [3.8, 4) is 0 Å². The normalized spacial score (nSPS) is 11.6. The predicted molar refractivity (Wildman–Crippen MR) is 91.2 cm³/mol. The van der Waals surface area contributed by atoms with Crippen LogP contribution in [0.15, 0.2) is 59.6 Å². The molecule has 0 aliphatic carbocycles. The van der Waals surface area contributed by atoms with Gasteiger partial charge in [0.05, 0.1) is 10.6 Å². The molecule has 0 heterocycles. The molecule has 0 atom stereocenters. The molecule has 0 fully saturated rings. The van der Waals surface area contributed by atoms with E-state index in [1.165, 1.54) is 30.5 Å². The first-order valence-electron chi connectivity index (χ1n) is 7.19. The fourth-order valence-electron chi connectivity index (χ4n) is 1.79. The molecule has 0 saturated heterocycles. The molecule has 0 aliphatic rings. The van der Waals surface area contributed by atoms with Gasteiger partial charge in [-0.1, -0.05) is 17.7 Å². The lowest BCUT2D eigenvalue weighted by molar-refractivity contribution is 0.368. The molecule has 8 heteroatoms. The zero-order chi connectivity index (χ0) is 18.4. The van der Waals surface area contributed by atoms with Crippen LogP contribution in [0.5, 0.6) is 0 Å². The highest BCUT2D eigenvalue weighted by Crippen LogP contribution is 2.14. The summed E-state index contributed by atoms with van der Waals surface area (Å²) in [7, 11) is -3.95. The maximum absolute atomic E-state index is 13.0. The van der Waals surface area contributed by atoms with Crippen molar-refractivity contribution in [2.24, 2.45) is 0 Å². The van der Waals surface area contributed by atoms with Gasteiger partial charge < -0.3 is 10.7 Å². The van der Waals surface area contributed by atoms with E-state index in [2.05, 4.69) is 5.32 Å². The SMILES string of the molecule is Cc1ccc(S(=O)(=O)OCC(=N)/C=C\Nc2ccc(F)c(F)c2)cc1. The maximum Gasteiger partial charge on any atom is 0.297 e. The van der Waals surface area contributed by atoms with Crippen LogP contribution in [0.3, 0.4) is 0 Å². The van der Waals surface area contributed by atoms with Gasteiger partial charge in [0, 0.05) is 18.0 Å². The Balaban J connectivity index is 1.89. The number of halogens is 2. The zero-order valence-corrected chi connectivity index (χ0v) is 14.1. The molecule has 5 nitrogen and oxygen atoms in total. The molecule has 25 heavy (non-hydrogen) atoms. The number of rotatable bonds is 7. The van der Waals surface area contributed by atoms with Gasteiger partial charge in [0.25, 0.3) is 10.1 Å². The third kappa shape index (κ3) is 5.47. The van der Waals surface area contributed by atoms with Crippen molar-refractivity contribution in [2.75, 3.05) is 11.9 Å². The molecule has 0 saturated carbocycles. The number of nitrogens with one attached hydrogen (secondary N) is 2. The van der Waals surface area contributed by atoms with Crippen molar-refractivity contribution >= 4 is 21.5 Å². The molecule has 0 radical (unpaired) electrons. The Morgan fingerprint density at radius 2 is 1.84 bits per heavy atom. The molecule has 132 valence electrons. The van der Waals surface area contributed by atoms with Gasteiger partial charge in [0.15, 0.2) is 11.6 Å². The summed E-state index contributed by atoms with van der Waals surface area (Å²) in [6.45, 7) is 1.38. The van der Waals surface area contributed by atoms with Crippen LogP contribution < -0.4 is 5.32 Å². The van der Waals surface area contributed by atoms with E-state index in [1.807, 2.05) is 6.92 Å². The molecule has 0 unspecified atom stereocenters. The minimum Gasteiger partial charge on any atom is -0.362 e. The van der Waals surface area contributed by atoms with Crippen molar-refractivity contribution < 1.29 is 21.4 Å². The minimum atomic E-state index is -3.95. The fraction of sp³-hybridized carbons (Fsp3) is 0.118. The average Bonchev–Trinajstić information content (AvgIpc) is 2.57. The second kappa shape index (κ2) is 8.00. The summed E-state index contributed by atoms with van der Waals surface area (Å²) in [6.07, 6.45) is 2.56. The first-order valence-corrected chi connectivity index (χ1v) is 8.60. The zero-order valence-electron chi connectivity index (χ0n) is 13.3. The van der Waals surface area contributed by atoms with Gasteiger partial charge in [-0.25, -0.2) is 8.78 Å². The lowest BCUT2D eigenvalue weighted by Crippen LogP contribution is -2.12. The molecule has 2 aromatic rings. The van der Waals surface area contributed by atoms with Gasteiger partial charge in [-0.15, -0.1) is 0 Å². The molecule has 2 rings (SSSR count). The average molecular weight is 366 g/mol. The van der Waals surface area contributed by atoms with Crippen molar-refractivity contribution in [1.82, 2.24) is 0 Å². The summed E-state index contributed by atoms with van der Waals surface area (Å²) in [4.78, 5) is 0.00907. The van der Waals surface area contributed by atoms with Crippen LogP contribution in [0.1, 0.15) is 5.56 Å². The Labute approximate surface area is 144 Å². The molecular formula is C17H16F2N2O3S. The Hall–Kier alpha value is -2.58. The highest BCUT2D eigenvalue weighted by molar-refractivity contribution is 7.86. The summed E-state index contributed by atoms with van der Waals surface area (Å²) >= 11 is 0. The van der Waals surface area contributed by atoms with Crippen LogP contribution in [0.2, 0.25) is 0 Å². The van der Waals surface area contributed by atoms with Crippen molar-refractivity contribution in [1.29, 1.82) is 5.41 Å². The third-order valence-corrected chi connectivity index (χ3v) is 4.41. The van der Waals surface area contributed by atoms with Gasteiger partial charge in [-0.05, 0) is 37.3 Å². The first kappa shape index (κ1) is 18.8. The number of benzene rings is 2. The monoisotopic (exact) mass is 366 g/mol. The van der Waals surface area contributed by atoms with E-state index in [9.17, 15) is 17.2 Å². The number of aryl methyl sites for hydroxylation is 1. The summed E-state index contributed by atoms with van der Waals surface area (Å²) < 4.78 is 54.6. The van der Waals surface area contributed by atoms with E-state index in [0.29, 0.717) is 0 Å². The maximum atomic E-state index is 13.0. The van der Waals surface area contributed by atoms with Crippen molar-refractivity contribution in [2.45, 2.75) is 11.8 Å². The Morgan fingerprint density at radius 1 is 1.16 bits per heavy atom. The van der Waals surface area contributed by atoms with Crippen LogP contribution in [0.25, 0.3) is 0 Å². The fourth-order valence-corrected chi connectivity index (χ4v) is 2.67. The summed E-state index contributed by atoms with van der Waals surface area (Å²) in [5.41, 5.74) is 1.08. The second-order valence-electron chi connectivity index (χ2n) is 5.16. The third-order valence-electron chi connectivity index (χ3n) is 3.13. The topological polar surface area (TPSA) is 79.2 Å². The van der Waals surface area contributed by atoms with Crippen LogP contribution in [-0.2, 0) is 14.3 Å². The van der Waals surface area contributed by atoms with Gasteiger partial charge in [-0.2, -0.15) is 8.42 Å². The van der Waals surface area contributed by atoms with Gasteiger partial charge in [0.1, 0.15) is 6.61 Å². The number of anilines is 1. The van der Waals surface area contributed by atoms with Crippen LogP contribution in [0, 0.1) is 24.0 Å². The highest BCUT2D eigenvalue weighted by Gasteiger charge is 2.15. The molecule has 0 aliphatic heterocycles. The van der Waals surface area contributed by atoms with E-state index < -0.39 is 28.4 Å². The molecule has 0 aromatic heterocycles. The lowest BCUT2D eigenvalue weighted by Gasteiger charge is -2.05. The largest absolute Gasteiger partial charge is 0.362 e. The Morgan fingerprint density at radius 3 is 2.48 bits per heavy atom. The minimum absolute atomic E-state index is 0.00907. The van der Waals surface area contributed by atoms with E-state index in [1.54, 1.807) is 12.1 Å². The predicted octanol–water partition coefficient (Wildman–Crippen LogP) is 3.62. The summed E-state index contributed by atoms with van der Waals surface area (Å²) in [6, 6.07) is 9.39. The second-order valence-corrected chi connectivity index (χ2v) is 6.78. The number of hydrogen-bond acceptors (Lipinski definition) is 5.